The second-order valence-electron chi connectivity index (χ2n) is 2.86. The van der Waals surface area contributed by atoms with Crippen molar-refractivity contribution in [3.63, 3.8) is 0 Å². The van der Waals surface area contributed by atoms with E-state index in [1.54, 1.807) is 25.3 Å². The lowest BCUT2D eigenvalue weighted by molar-refractivity contribution is 0.102. The van der Waals surface area contributed by atoms with E-state index in [0.717, 1.165) is 0 Å². The standard InChI is InChI=1S/C11H13IO3/c1-3-15-10-5-4-8(9(13)7-12)6-11(10)14-2/h4-6H,3,7H2,1-2H3. The van der Waals surface area contributed by atoms with Crippen molar-refractivity contribution >= 4 is 28.4 Å². The van der Waals surface area contributed by atoms with E-state index < -0.39 is 0 Å². The quantitative estimate of drug-likeness (QED) is 0.475. The van der Waals surface area contributed by atoms with Crippen LogP contribution in [0.3, 0.4) is 0 Å². The van der Waals surface area contributed by atoms with Crippen molar-refractivity contribution in [3.8, 4) is 11.5 Å². The molecule has 0 saturated carbocycles. The fraction of sp³-hybridized carbons (Fsp3) is 0.364. The van der Waals surface area contributed by atoms with Gasteiger partial charge in [-0.3, -0.25) is 4.79 Å². The van der Waals surface area contributed by atoms with Gasteiger partial charge in [0, 0.05) is 5.56 Å². The van der Waals surface area contributed by atoms with Crippen molar-refractivity contribution in [1.29, 1.82) is 0 Å². The largest absolute Gasteiger partial charge is 0.493 e. The molecular weight excluding hydrogens is 307 g/mol. The summed E-state index contributed by atoms with van der Waals surface area (Å²) in [5.74, 6) is 1.37. The molecule has 0 aliphatic carbocycles. The van der Waals surface area contributed by atoms with Gasteiger partial charge in [-0.25, -0.2) is 0 Å². The first-order valence-corrected chi connectivity index (χ1v) is 6.15. The maximum absolute atomic E-state index is 11.4. The normalized spacial score (nSPS) is 9.80. The molecule has 0 spiro atoms. The second kappa shape index (κ2) is 5.95. The van der Waals surface area contributed by atoms with Crippen molar-refractivity contribution in [1.82, 2.24) is 0 Å². The highest BCUT2D eigenvalue weighted by molar-refractivity contribution is 14.1. The van der Waals surface area contributed by atoms with E-state index >= 15 is 0 Å². The van der Waals surface area contributed by atoms with Gasteiger partial charge < -0.3 is 9.47 Å². The Morgan fingerprint density at radius 1 is 1.40 bits per heavy atom. The topological polar surface area (TPSA) is 35.5 Å². The van der Waals surface area contributed by atoms with Crippen LogP contribution in [0.4, 0.5) is 0 Å². The molecule has 1 rings (SSSR count). The Bertz CT molecular complexity index is 350. The van der Waals surface area contributed by atoms with E-state index in [4.69, 9.17) is 9.47 Å². The van der Waals surface area contributed by atoms with Crippen LogP contribution >= 0.6 is 22.6 Å². The Hall–Kier alpha value is -0.780. The molecule has 0 aromatic heterocycles. The molecule has 0 amide bonds. The number of ether oxygens (including phenoxy) is 2. The Labute approximate surface area is 103 Å². The molecule has 0 saturated heterocycles. The monoisotopic (exact) mass is 320 g/mol. The lowest BCUT2D eigenvalue weighted by Crippen LogP contribution is -2.02. The molecular formula is C11H13IO3. The number of carbonyl (C=O) groups is 1. The predicted molar refractivity (Wildman–Crippen MR) is 67.4 cm³/mol. The average Bonchev–Trinajstić information content (AvgIpc) is 2.29. The van der Waals surface area contributed by atoms with E-state index in [2.05, 4.69) is 0 Å². The summed E-state index contributed by atoms with van der Waals surface area (Å²) in [5.41, 5.74) is 0.657. The van der Waals surface area contributed by atoms with Crippen molar-refractivity contribution in [2.24, 2.45) is 0 Å². The SMILES string of the molecule is CCOc1ccc(C(=O)CI)cc1OC. The first-order valence-electron chi connectivity index (χ1n) is 4.63. The number of ketones is 1. The zero-order chi connectivity index (χ0) is 11.3. The molecule has 82 valence electrons. The van der Waals surface area contributed by atoms with E-state index in [1.165, 1.54) is 0 Å². The summed E-state index contributed by atoms with van der Waals surface area (Å²) in [7, 11) is 1.57. The first kappa shape index (κ1) is 12.3. The molecule has 15 heavy (non-hydrogen) atoms. The van der Waals surface area contributed by atoms with E-state index in [1.807, 2.05) is 29.5 Å². The van der Waals surface area contributed by atoms with Gasteiger partial charge in [-0.1, -0.05) is 22.6 Å². The van der Waals surface area contributed by atoms with Crippen LogP contribution in [0.1, 0.15) is 17.3 Å². The van der Waals surface area contributed by atoms with Gasteiger partial charge in [-0.2, -0.15) is 0 Å². The van der Waals surface area contributed by atoms with Crippen LogP contribution in [0, 0.1) is 0 Å². The number of hydrogen-bond donors (Lipinski definition) is 0. The van der Waals surface area contributed by atoms with Gasteiger partial charge in [0.2, 0.25) is 0 Å². The average molecular weight is 320 g/mol. The summed E-state index contributed by atoms with van der Waals surface area (Å²) in [6.07, 6.45) is 0. The lowest BCUT2D eigenvalue weighted by Gasteiger charge is -2.09. The summed E-state index contributed by atoms with van der Waals surface area (Å²) in [4.78, 5) is 11.4. The number of halogens is 1. The number of benzene rings is 1. The van der Waals surface area contributed by atoms with Gasteiger partial charge in [0.05, 0.1) is 18.1 Å². The van der Waals surface area contributed by atoms with Crippen molar-refractivity contribution < 1.29 is 14.3 Å². The highest BCUT2D eigenvalue weighted by Gasteiger charge is 2.09. The number of hydrogen-bond acceptors (Lipinski definition) is 3. The van der Waals surface area contributed by atoms with Crippen LogP contribution in [0.2, 0.25) is 0 Å². The number of alkyl halides is 1. The van der Waals surface area contributed by atoms with Gasteiger partial charge in [0.25, 0.3) is 0 Å². The van der Waals surface area contributed by atoms with Crippen LogP contribution in [0.15, 0.2) is 18.2 Å². The molecule has 1 aromatic rings. The molecule has 0 N–H and O–H groups in total. The zero-order valence-corrected chi connectivity index (χ0v) is 10.9. The number of carbonyl (C=O) groups excluding carboxylic acids is 1. The van der Waals surface area contributed by atoms with Crippen LogP contribution in [-0.4, -0.2) is 23.9 Å². The molecule has 0 aliphatic heterocycles. The van der Waals surface area contributed by atoms with Gasteiger partial charge in [-0.05, 0) is 25.1 Å². The van der Waals surface area contributed by atoms with Crippen LogP contribution in [0.25, 0.3) is 0 Å². The number of methoxy groups -OCH3 is 1. The van der Waals surface area contributed by atoms with Gasteiger partial charge in [0.15, 0.2) is 17.3 Å². The molecule has 4 heteroatoms. The summed E-state index contributed by atoms with van der Waals surface area (Å²) in [6, 6.07) is 5.24. The molecule has 1 aromatic carbocycles. The van der Waals surface area contributed by atoms with Crippen LogP contribution in [-0.2, 0) is 0 Å². The van der Waals surface area contributed by atoms with Crippen LogP contribution in [0.5, 0.6) is 11.5 Å². The van der Waals surface area contributed by atoms with Gasteiger partial charge in [0.1, 0.15) is 0 Å². The van der Waals surface area contributed by atoms with Gasteiger partial charge >= 0.3 is 0 Å². The molecule has 0 unspecified atom stereocenters. The highest BCUT2D eigenvalue weighted by atomic mass is 127. The third kappa shape index (κ3) is 3.09. The maximum atomic E-state index is 11.4. The molecule has 0 atom stereocenters. The van der Waals surface area contributed by atoms with E-state index in [9.17, 15) is 4.79 Å². The summed E-state index contributed by atoms with van der Waals surface area (Å²) >= 11 is 2.04. The van der Waals surface area contributed by atoms with E-state index in [0.29, 0.717) is 28.1 Å². The Kier molecular flexibility index (Phi) is 4.87. The summed E-state index contributed by atoms with van der Waals surface area (Å²) < 4.78 is 11.0. The smallest absolute Gasteiger partial charge is 0.172 e. The second-order valence-corrected chi connectivity index (χ2v) is 3.62. The molecule has 0 fully saturated rings. The molecule has 0 radical (unpaired) electrons. The third-order valence-electron chi connectivity index (χ3n) is 1.91. The van der Waals surface area contributed by atoms with Gasteiger partial charge in [-0.15, -0.1) is 0 Å². The zero-order valence-electron chi connectivity index (χ0n) is 8.75. The fourth-order valence-corrected chi connectivity index (χ4v) is 1.63. The van der Waals surface area contributed by atoms with Crippen molar-refractivity contribution in [2.45, 2.75) is 6.92 Å². The molecule has 0 bridgehead atoms. The molecule has 3 nitrogen and oxygen atoms in total. The van der Waals surface area contributed by atoms with E-state index in [-0.39, 0.29) is 5.78 Å². The summed E-state index contributed by atoms with van der Waals surface area (Å²) in [5, 5.41) is 0. The van der Waals surface area contributed by atoms with Crippen LogP contribution < -0.4 is 9.47 Å². The minimum atomic E-state index is 0.0944. The predicted octanol–water partition coefficient (Wildman–Crippen LogP) is 2.71. The Morgan fingerprint density at radius 2 is 2.13 bits per heavy atom. The Morgan fingerprint density at radius 3 is 2.67 bits per heavy atom. The first-order chi connectivity index (χ1) is 7.22. The Balaban J connectivity index is 3.01. The molecule has 0 aliphatic rings. The van der Waals surface area contributed by atoms with Crippen molar-refractivity contribution in [3.05, 3.63) is 23.8 Å². The minimum Gasteiger partial charge on any atom is -0.493 e. The maximum Gasteiger partial charge on any atom is 0.172 e. The number of Topliss-reactive ketones (excluding diaryl/α,β-unsaturated/α-hetero) is 1. The van der Waals surface area contributed by atoms with Crippen molar-refractivity contribution in [2.75, 3.05) is 18.1 Å². The third-order valence-corrected chi connectivity index (χ3v) is 2.60. The fourth-order valence-electron chi connectivity index (χ4n) is 1.19. The lowest BCUT2D eigenvalue weighted by atomic mass is 10.1. The summed E-state index contributed by atoms with van der Waals surface area (Å²) in [6.45, 7) is 2.49. The number of rotatable bonds is 5. The minimum absolute atomic E-state index is 0.0944. The highest BCUT2D eigenvalue weighted by Crippen LogP contribution is 2.28. The molecule has 0 heterocycles.